The van der Waals surface area contributed by atoms with Crippen molar-refractivity contribution in [1.82, 2.24) is 0 Å². The number of carbonyl (C=O) groups is 3. The molecule has 12 heteroatoms. The number of esters is 3. The van der Waals surface area contributed by atoms with Gasteiger partial charge in [-0.25, -0.2) is 4.57 Å². The number of aliphatic hydroxyl groups is 1. The molecule has 0 aliphatic rings. The molecule has 0 saturated heterocycles. The SMILES string of the molecule is CC/C=C\C/C=C\C/C=C\C/C=C\CCCCC(=O)OC(COC(=O)CCCCCCC/C=C\C/C=C\CCCCC)COP(=O)(O)OCC(CO)OC(=O)CCCCCCCCCCC. The number of phosphoric ester groups is 1. The minimum absolute atomic E-state index is 0.111. The number of carbonyl (C=O) groups excluding carboxylic acids is 3. The highest BCUT2D eigenvalue weighted by molar-refractivity contribution is 7.47. The molecule has 0 aliphatic heterocycles. The summed E-state index contributed by atoms with van der Waals surface area (Å²) in [6.07, 6.45) is 51.7. The molecular formula is C54H93O11P. The molecule has 0 aromatic carbocycles. The number of rotatable bonds is 47. The largest absolute Gasteiger partial charge is 0.472 e. The van der Waals surface area contributed by atoms with Crippen LogP contribution in [0.3, 0.4) is 0 Å². The predicted octanol–water partition coefficient (Wildman–Crippen LogP) is 14.6. The summed E-state index contributed by atoms with van der Waals surface area (Å²) in [6, 6.07) is 0. The van der Waals surface area contributed by atoms with Crippen molar-refractivity contribution in [3.05, 3.63) is 72.9 Å². The van der Waals surface area contributed by atoms with Crippen LogP contribution in [0.1, 0.15) is 213 Å². The average Bonchev–Trinajstić information content (AvgIpc) is 3.30. The fraction of sp³-hybridized carbons (Fsp3) is 0.722. The van der Waals surface area contributed by atoms with E-state index in [2.05, 4.69) is 93.7 Å². The minimum Gasteiger partial charge on any atom is -0.462 e. The number of hydrogen-bond acceptors (Lipinski definition) is 10. The lowest BCUT2D eigenvalue weighted by Gasteiger charge is -2.21. The quantitative estimate of drug-likeness (QED) is 0.0197. The molecule has 0 amide bonds. The van der Waals surface area contributed by atoms with Crippen LogP contribution >= 0.6 is 7.82 Å². The van der Waals surface area contributed by atoms with Crippen LogP contribution < -0.4 is 0 Å². The van der Waals surface area contributed by atoms with Crippen LogP contribution in [0.5, 0.6) is 0 Å². The van der Waals surface area contributed by atoms with Crippen LogP contribution in [0, 0.1) is 0 Å². The lowest BCUT2D eigenvalue weighted by Crippen LogP contribution is -2.30. The first-order chi connectivity index (χ1) is 32.2. The maximum atomic E-state index is 12.8. The topological polar surface area (TPSA) is 155 Å². The monoisotopic (exact) mass is 949 g/mol. The molecule has 0 aromatic rings. The van der Waals surface area contributed by atoms with E-state index in [1.165, 1.54) is 51.4 Å². The first-order valence-electron chi connectivity index (χ1n) is 25.8. The van der Waals surface area contributed by atoms with Gasteiger partial charge in [0.05, 0.1) is 19.8 Å². The molecule has 2 N–H and O–H groups in total. The third-order valence-corrected chi connectivity index (χ3v) is 11.6. The lowest BCUT2D eigenvalue weighted by atomic mass is 10.1. The molecule has 11 nitrogen and oxygen atoms in total. The van der Waals surface area contributed by atoms with Crippen LogP contribution in [-0.4, -0.2) is 66.5 Å². The normalized spacial score (nSPS) is 14.1. The average molecular weight is 949 g/mol. The number of ether oxygens (including phenoxy) is 3. The van der Waals surface area contributed by atoms with Crippen molar-refractivity contribution >= 4 is 25.7 Å². The van der Waals surface area contributed by atoms with Crippen LogP contribution in [0.4, 0.5) is 0 Å². The number of allylic oxidation sites excluding steroid dienone is 12. The molecule has 3 atom stereocenters. The van der Waals surface area contributed by atoms with Gasteiger partial charge in [0.15, 0.2) is 6.10 Å². The van der Waals surface area contributed by atoms with E-state index in [1.807, 2.05) is 0 Å². The third kappa shape index (κ3) is 46.0. The Labute approximate surface area is 401 Å². The zero-order valence-electron chi connectivity index (χ0n) is 41.6. The fourth-order valence-electron chi connectivity index (χ4n) is 6.67. The molecule has 0 heterocycles. The summed E-state index contributed by atoms with van der Waals surface area (Å²) >= 11 is 0. The summed E-state index contributed by atoms with van der Waals surface area (Å²) < 4.78 is 39.2. The van der Waals surface area contributed by atoms with Gasteiger partial charge in [-0.2, -0.15) is 0 Å². The standard InChI is InChI=1S/C54H93O11P/c1-4-7-10-13-16-19-21-23-25-27-29-32-34-37-40-43-52(56)61-47-51(65-54(58)45-42-39-36-33-30-28-26-24-22-20-17-14-11-8-5-2)49-63-66(59,60)62-48-50(46-55)64-53(57)44-41-38-35-31-18-15-12-9-6-3/h8,11,16-17,19-20,23-26,30,33,50-51,55H,4-7,9-10,12-15,18,21-22,27-29,31-32,34-49H2,1-3H3,(H,59,60)/b11-8-,19-16-,20-17-,25-23-,26-24-,33-30-. The van der Waals surface area contributed by atoms with E-state index in [9.17, 15) is 28.9 Å². The van der Waals surface area contributed by atoms with Gasteiger partial charge in [-0.3, -0.25) is 23.4 Å². The third-order valence-electron chi connectivity index (χ3n) is 10.6. The van der Waals surface area contributed by atoms with Gasteiger partial charge in [-0.15, -0.1) is 0 Å². The van der Waals surface area contributed by atoms with E-state index in [0.717, 1.165) is 103 Å². The molecule has 380 valence electrons. The van der Waals surface area contributed by atoms with Gasteiger partial charge in [-0.05, 0) is 89.9 Å². The molecule has 0 fully saturated rings. The van der Waals surface area contributed by atoms with Gasteiger partial charge in [-0.1, -0.05) is 177 Å². The number of unbranched alkanes of at least 4 members (excludes halogenated alkanes) is 18. The Balaban J connectivity index is 4.84. The van der Waals surface area contributed by atoms with Crippen molar-refractivity contribution in [2.75, 3.05) is 26.4 Å². The van der Waals surface area contributed by atoms with Gasteiger partial charge < -0.3 is 24.2 Å². The highest BCUT2D eigenvalue weighted by atomic mass is 31.2. The second-order valence-corrected chi connectivity index (χ2v) is 18.4. The van der Waals surface area contributed by atoms with Gasteiger partial charge in [0.25, 0.3) is 0 Å². The van der Waals surface area contributed by atoms with Crippen LogP contribution in [-0.2, 0) is 42.2 Å². The summed E-state index contributed by atoms with van der Waals surface area (Å²) in [4.78, 5) is 48.2. The van der Waals surface area contributed by atoms with Crippen LogP contribution in [0.25, 0.3) is 0 Å². The van der Waals surface area contributed by atoms with Gasteiger partial charge in [0.1, 0.15) is 12.7 Å². The molecule has 0 aromatic heterocycles. The van der Waals surface area contributed by atoms with Crippen molar-refractivity contribution in [2.45, 2.75) is 226 Å². The molecular weight excluding hydrogens is 856 g/mol. The van der Waals surface area contributed by atoms with Crippen molar-refractivity contribution in [2.24, 2.45) is 0 Å². The molecule has 0 spiro atoms. The van der Waals surface area contributed by atoms with E-state index in [0.29, 0.717) is 19.3 Å². The van der Waals surface area contributed by atoms with E-state index in [4.69, 9.17) is 23.3 Å². The van der Waals surface area contributed by atoms with E-state index < -0.39 is 57.8 Å². The smallest absolute Gasteiger partial charge is 0.462 e. The first-order valence-corrected chi connectivity index (χ1v) is 27.3. The van der Waals surface area contributed by atoms with Crippen molar-refractivity contribution in [3.8, 4) is 0 Å². The summed E-state index contributed by atoms with van der Waals surface area (Å²) in [5.41, 5.74) is 0. The van der Waals surface area contributed by atoms with E-state index in [-0.39, 0.29) is 25.9 Å². The van der Waals surface area contributed by atoms with Crippen LogP contribution in [0.2, 0.25) is 0 Å². The maximum Gasteiger partial charge on any atom is 0.472 e. The fourth-order valence-corrected chi connectivity index (χ4v) is 7.45. The Kier molecular flexibility index (Phi) is 46.1. The Morgan fingerprint density at radius 2 is 0.788 bits per heavy atom. The minimum atomic E-state index is -4.75. The Hall–Kier alpha value is -3.08. The molecule has 0 aliphatic carbocycles. The van der Waals surface area contributed by atoms with Crippen molar-refractivity contribution in [1.29, 1.82) is 0 Å². The summed E-state index contributed by atoms with van der Waals surface area (Å²) in [6.45, 7) is 4.39. The van der Waals surface area contributed by atoms with Gasteiger partial charge in [0, 0.05) is 19.3 Å². The number of phosphoric acid groups is 1. The van der Waals surface area contributed by atoms with Gasteiger partial charge in [0.2, 0.25) is 0 Å². The van der Waals surface area contributed by atoms with Crippen molar-refractivity contribution in [3.63, 3.8) is 0 Å². The summed E-state index contributed by atoms with van der Waals surface area (Å²) in [5, 5.41) is 9.74. The van der Waals surface area contributed by atoms with Crippen molar-refractivity contribution < 1.29 is 52.2 Å². The second kappa shape index (κ2) is 48.4. The predicted molar refractivity (Wildman–Crippen MR) is 270 cm³/mol. The van der Waals surface area contributed by atoms with Crippen LogP contribution in [0.15, 0.2) is 72.9 Å². The molecule has 66 heavy (non-hydrogen) atoms. The second-order valence-electron chi connectivity index (χ2n) is 17.0. The van der Waals surface area contributed by atoms with Gasteiger partial charge >= 0.3 is 25.7 Å². The molecule has 3 unspecified atom stereocenters. The molecule has 0 bridgehead atoms. The lowest BCUT2D eigenvalue weighted by molar-refractivity contribution is -0.161. The highest BCUT2D eigenvalue weighted by Crippen LogP contribution is 2.43. The Morgan fingerprint density at radius 3 is 1.27 bits per heavy atom. The summed E-state index contributed by atoms with van der Waals surface area (Å²) in [7, 11) is -4.75. The van der Waals surface area contributed by atoms with E-state index in [1.54, 1.807) is 0 Å². The maximum absolute atomic E-state index is 12.8. The Morgan fingerprint density at radius 1 is 0.439 bits per heavy atom. The number of aliphatic hydroxyl groups excluding tert-OH is 1. The molecule has 0 rings (SSSR count). The number of hydrogen-bond donors (Lipinski definition) is 2. The van der Waals surface area contributed by atoms with E-state index >= 15 is 0 Å². The Bertz CT molecular complexity index is 1390. The summed E-state index contributed by atoms with van der Waals surface area (Å²) in [5.74, 6) is -1.54. The first kappa shape index (κ1) is 62.9. The molecule has 0 saturated carbocycles. The zero-order chi connectivity index (χ0) is 48.4. The molecule has 0 radical (unpaired) electrons. The highest BCUT2D eigenvalue weighted by Gasteiger charge is 2.28. The zero-order valence-corrected chi connectivity index (χ0v) is 42.5.